The lowest BCUT2D eigenvalue weighted by molar-refractivity contribution is 0.0498. The number of alkyl carbamates (subject to hydrolysis) is 1. The average Bonchev–Trinajstić information content (AvgIpc) is 3.02. The normalized spacial score (nSPS) is 21.8. The fourth-order valence-corrected chi connectivity index (χ4v) is 2.99. The van der Waals surface area contributed by atoms with E-state index in [4.69, 9.17) is 4.74 Å². The first-order chi connectivity index (χ1) is 10.4. The molecule has 1 aliphatic rings. The molecule has 1 aromatic heterocycles. The molecule has 1 amide bonds. The van der Waals surface area contributed by atoms with Crippen LogP contribution in [0.5, 0.6) is 0 Å². The highest BCUT2D eigenvalue weighted by Crippen LogP contribution is 2.20. The van der Waals surface area contributed by atoms with Crippen LogP contribution in [0.25, 0.3) is 0 Å². The highest BCUT2D eigenvalue weighted by Gasteiger charge is 2.29. The number of nitrogens with one attached hydrogen (secondary N) is 2. The molecule has 0 aliphatic heterocycles. The van der Waals surface area contributed by atoms with Gasteiger partial charge in [-0.05, 0) is 59.1 Å². The van der Waals surface area contributed by atoms with Crippen molar-refractivity contribution < 1.29 is 9.53 Å². The largest absolute Gasteiger partial charge is 0.444 e. The smallest absolute Gasteiger partial charge is 0.407 e. The summed E-state index contributed by atoms with van der Waals surface area (Å²) in [6.07, 6.45) is 5.01. The zero-order valence-electron chi connectivity index (χ0n) is 14.2. The molecule has 0 aromatic carbocycles. The molecule has 2 atom stereocenters. The van der Waals surface area contributed by atoms with Gasteiger partial charge in [0, 0.05) is 37.1 Å². The molecule has 0 bridgehead atoms. The summed E-state index contributed by atoms with van der Waals surface area (Å²) in [5.74, 6) is 0. The number of carbonyl (C=O) groups is 1. The van der Waals surface area contributed by atoms with E-state index in [1.807, 2.05) is 20.8 Å². The molecule has 1 aromatic rings. The quantitative estimate of drug-likeness (QED) is 0.879. The minimum absolute atomic E-state index is 0.153. The third kappa shape index (κ3) is 4.77. The maximum absolute atomic E-state index is 11.9. The number of carbonyl (C=O) groups excluding carboxylic acids is 1. The van der Waals surface area contributed by atoms with Crippen molar-refractivity contribution in [3.05, 3.63) is 24.0 Å². The molecule has 5 heteroatoms. The van der Waals surface area contributed by atoms with Gasteiger partial charge in [-0.1, -0.05) is 0 Å². The molecule has 2 rings (SSSR count). The lowest BCUT2D eigenvalue weighted by Crippen LogP contribution is -2.47. The van der Waals surface area contributed by atoms with E-state index in [-0.39, 0.29) is 12.1 Å². The van der Waals surface area contributed by atoms with Crippen LogP contribution in [0.4, 0.5) is 4.79 Å². The van der Waals surface area contributed by atoms with Crippen LogP contribution in [0, 0.1) is 0 Å². The standard InChI is InChI=1S/C17H29N3O2/c1-5-20-11-7-8-13(20)12-18-14-9-6-10-15(14)19-16(21)22-17(2,3)4/h7-8,11,14-15,18H,5-6,9-10,12H2,1-4H3,(H,19,21). The van der Waals surface area contributed by atoms with Crippen molar-refractivity contribution in [2.24, 2.45) is 0 Å². The fraction of sp³-hybridized carbons (Fsp3) is 0.706. The van der Waals surface area contributed by atoms with Gasteiger partial charge in [0.2, 0.25) is 0 Å². The Morgan fingerprint density at radius 1 is 1.36 bits per heavy atom. The predicted octanol–water partition coefficient (Wildman–Crippen LogP) is 3.04. The second kappa shape index (κ2) is 7.18. The maximum atomic E-state index is 11.9. The van der Waals surface area contributed by atoms with Crippen molar-refractivity contribution in [3.63, 3.8) is 0 Å². The van der Waals surface area contributed by atoms with Crippen LogP contribution in [-0.4, -0.2) is 28.3 Å². The van der Waals surface area contributed by atoms with E-state index in [0.717, 1.165) is 32.4 Å². The van der Waals surface area contributed by atoms with Gasteiger partial charge < -0.3 is 19.9 Å². The molecule has 2 unspecified atom stereocenters. The van der Waals surface area contributed by atoms with E-state index in [1.54, 1.807) is 0 Å². The third-order valence-electron chi connectivity index (χ3n) is 4.03. The lowest BCUT2D eigenvalue weighted by Gasteiger charge is -2.25. The van der Waals surface area contributed by atoms with Gasteiger partial charge in [0.1, 0.15) is 5.60 Å². The summed E-state index contributed by atoms with van der Waals surface area (Å²) in [6.45, 7) is 9.61. The molecule has 22 heavy (non-hydrogen) atoms. The zero-order valence-corrected chi connectivity index (χ0v) is 14.2. The van der Waals surface area contributed by atoms with Crippen molar-refractivity contribution in [1.82, 2.24) is 15.2 Å². The molecule has 1 fully saturated rings. The monoisotopic (exact) mass is 307 g/mol. The van der Waals surface area contributed by atoms with Crippen LogP contribution in [0.1, 0.15) is 52.7 Å². The molecule has 124 valence electrons. The molecule has 0 spiro atoms. The van der Waals surface area contributed by atoms with Crippen LogP contribution in [0.3, 0.4) is 0 Å². The minimum atomic E-state index is -0.451. The number of ether oxygens (including phenoxy) is 1. The summed E-state index contributed by atoms with van der Waals surface area (Å²) in [6, 6.07) is 4.68. The van der Waals surface area contributed by atoms with Crippen molar-refractivity contribution in [2.45, 2.75) is 77.7 Å². The van der Waals surface area contributed by atoms with Crippen LogP contribution in [-0.2, 0) is 17.8 Å². The molecule has 0 radical (unpaired) electrons. The zero-order chi connectivity index (χ0) is 16.2. The van der Waals surface area contributed by atoms with Gasteiger partial charge in [-0.25, -0.2) is 4.79 Å². The number of aryl methyl sites for hydroxylation is 1. The first kappa shape index (κ1) is 16.9. The Kier molecular flexibility index (Phi) is 5.51. The molecular weight excluding hydrogens is 278 g/mol. The fourth-order valence-electron chi connectivity index (χ4n) is 2.99. The molecule has 5 nitrogen and oxygen atoms in total. The topological polar surface area (TPSA) is 55.3 Å². The molecule has 1 saturated carbocycles. The Balaban J connectivity index is 1.84. The Morgan fingerprint density at radius 3 is 2.77 bits per heavy atom. The number of aromatic nitrogens is 1. The average molecular weight is 307 g/mol. The van der Waals surface area contributed by atoms with E-state index in [9.17, 15) is 4.79 Å². The summed E-state index contributed by atoms with van der Waals surface area (Å²) in [7, 11) is 0. The summed E-state index contributed by atoms with van der Waals surface area (Å²) >= 11 is 0. The van der Waals surface area contributed by atoms with Gasteiger partial charge in [0.25, 0.3) is 0 Å². The Labute approximate surface area is 133 Å². The van der Waals surface area contributed by atoms with Crippen LogP contribution < -0.4 is 10.6 Å². The number of nitrogens with zero attached hydrogens (tertiary/aromatic N) is 1. The Morgan fingerprint density at radius 2 is 2.09 bits per heavy atom. The second-order valence-electron chi connectivity index (χ2n) is 6.96. The molecule has 2 N–H and O–H groups in total. The van der Waals surface area contributed by atoms with Crippen LogP contribution >= 0.6 is 0 Å². The van der Waals surface area contributed by atoms with Crippen LogP contribution in [0.15, 0.2) is 18.3 Å². The second-order valence-corrected chi connectivity index (χ2v) is 6.96. The molecular formula is C17H29N3O2. The number of amides is 1. The minimum Gasteiger partial charge on any atom is -0.444 e. The first-order valence-electron chi connectivity index (χ1n) is 8.26. The highest BCUT2D eigenvalue weighted by molar-refractivity contribution is 5.68. The lowest BCUT2D eigenvalue weighted by atomic mass is 10.1. The summed E-state index contributed by atoms with van der Waals surface area (Å²) in [4.78, 5) is 11.9. The summed E-state index contributed by atoms with van der Waals surface area (Å²) in [5.41, 5.74) is 0.832. The van der Waals surface area contributed by atoms with Gasteiger partial charge in [-0.15, -0.1) is 0 Å². The van der Waals surface area contributed by atoms with E-state index in [2.05, 4.69) is 40.5 Å². The molecule has 1 aliphatic carbocycles. The number of rotatable bonds is 5. The first-order valence-corrected chi connectivity index (χ1v) is 8.26. The summed E-state index contributed by atoms with van der Waals surface area (Å²) in [5, 5.41) is 6.60. The van der Waals surface area contributed by atoms with Gasteiger partial charge >= 0.3 is 6.09 Å². The van der Waals surface area contributed by atoms with Crippen LogP contribution in [0.2, 0.25) is 0 Å². The summed E-state index contributed by atoms with van der Waals surface area (Å²) < 4.78 is 7.59. The Hall–Kier alpha value is -1.49. The molecule has 0 saturated heterocycles. The van der Waals surface area contributed by atoms with Gasteiger partial charge in [-0.3, -0.25) is 0 Å². The Bertz CT molecular complexity index is 490. The predicted molar refractivity (Wildman–Crippen MR) is 87.7 cm³/mol. The number of hydrogen-bond acceptors (Lipinski definition) is 3. The van der Waals surface area contributed by atoms with Gasteiger partial charge in [0.15, 0.2) is 0 Å². The molecule has 1 heterocycles. The third-order valence-corrected chi connectivity index (χ3v) is 4.03. The highest BCUT2D eigenvalue weighted by atomic mass is 16.6. The van der Waals surface area contributed by atoms with E-state index >= 15 is 0 Å². The van der Waals surface area contributed by atoms with Crippen molar-refractivity contribution >= 4 is 6.09 Å². The van der Waals surface area contributed by atoms with E-state index < -0.39 is 5.60 Å². The van der Waals surface area contributed by atoms with E-state index in [1.165, 1.54) is 5.69 Å². The number of hydrogen-bond donors (Lipinski definition) is 2. The van der Waals surface area contributed by atoms with Crippen molar-refractivity contribution in [2.75, 3.05) is 0 Å². The SMILES string of the molecule is CCn1cccc1CNC1CCCC1NC(=O)OC(C)(C)C. The van der Waals surface area contributed by atoms with Gasteiger partial charge in [0.05, 0.1) is 0 Å². The maximum Gasteiger partial charge on any atom is 0.407 e. The van der Waals surface area contributed by atoms with Crippen molar-refractivity contribution in [1.29, 1.82) is 0 Å². The van der Waals surface area contributed by atoms with Gasteiger partial charge in [-0.2, -0.15) is 0 Å². The van der Waals surface area contributed by atoms with Crippen molar-refractivity contribution in [3.8, 4) is 0 Å². The van der Waals surface area contributed by atoms with E-state index in [0.29, 0.717) is 6.04 Å².